The van der Waals surface area contributed by atoms with Gasteiger partial charge in [-0.25, -0.2) is 4.79 Å². The van der Waals surface area contributed by atoms with Crippen LogP contribution >= 0.6 is 0 Å². The van der Waals surface area contributed by atoms with Gasteiger partial charge in [0, 0.05) is 5.92 Å². The lowest BCUT2D eigenvalue weighted by Gasteiger charge is -2.30. The molecule has 0 heterocycles. The van der Waals surface area contributed by atoms with Crippen LogP contribution in [0.5, 0.6) is 0 Å². The molecule has 4 heteroatoms. The van der Waals surface area contributed by atoms with Crippen molar-refractivity contribution in [3.63, 3.8) is 0 Å². The molecule has 2 rings (SSSR count). The van der Waals surface area contributed by atoms with Crippen LogP contribution in [0.25, 0.3) is 0 Å². The number of amides is 1. The highest BCUT2D eigenvalue weighted by Crippen LogP contribution is 2.28. The molecule has 1 amide bonds. The lowest BCUT2D eigenvalue weighted by Crippen LogP contribution is -2.45. The Labute approximate surface area is 149 Å². The van der Waals surface area contributed by atoms with Crippen LogP contribution in [0, 0.1) is 0 Å². The van der Waals surface area contributed by atoms with Gasteiger partial charge >= 0.3 is 6.09 Å². The van der Waals surface area contributed by atoms with Crippen molar-refractivity contribution in [1.29, 1.82) is 0 Å². The van der Waals surface area contributed by atoms with Crippen molar-refractivity contribution in [2.45, 2.75) is 44.8 Å². The molecule has 0 bridgehead atoms. The maximum absolute atomic E-state index is 12.3. The number of nitrogens with one attached hydrogen (secondary N) is 1. The van der Waals surface area contributed by atoms with Crippen LogP contribution in [0.3, 0.4) is 0 Å². The predicted octanol–water partition coefficient (Wildman–Crippen LogP) is 4.09. The summed E-state index contributed by atoms with van der Waals surface area (Å²) in [5.74, 6) is -0.162. The van der Waals surface area contributed by atoms with Crippen LogP contribution in [0.15, 0.2) is 60.7 Å². The summed E-state index contributed by atoms with van der Waals surface area (Å²) in [6, 6.07) is 19.3. The fourth-order valence-corrected chi connectivity index (χ4v) is 2.72. The van der Waals surface area contributed by atoms with E-state index in [-0.39, 0.29) is 12.5 Å². The monoisotopic (exact) mass is 341 g/mol. The third kappa shape index (κ3) is 5.33. The molecule has 0 saturated heterocycles. The Bertz CT molecular complexity index is 616. The van der Waals surface area contributed by atoms with Crippen molar-refractivity contribution in [3.8, 4) is 0 Å². The molecule has 0 aliphatic heterocycles. The van der Waals surface area contributed by atoms with Crippen molar-refractivity contribution in [2.75, 3.05) is 6.61 Å². The summed E-state index contributed by atoms with van der Waals surface area (Å²) in [5, 5.41) is 12.8. The van der Waals surface area contributed by atoms with E-state index in [9.17, 15) is 9.90 Å². The lowest BCUT2D eigenvalue weighted by atomic mass is 9.85. The summed E-state index contributed by atoms with van der Waals surface area (Å²) in [6.45, 7) is 5.52. The first-order valence-electron chi connectivity index (χ1n) is 8.67. The fraction of sp³-hybridized carbons (Fsp3) is 0.381. The highest BCUT2D eigenvalue weighted by molar-refractivity contribution is 5.68. The Morgan fingerprint density at radius 2 is 1.52 bits per heavy atom. The number of ether oxygens (including phenoxy) is 1. The second kappa shape index (κ2) is 8.67. The molecule has 2 aromatic rings. The average molecular weight is 341 g/mol. The number of carbonyl (C=O) groups is 1. The normalized spacial score (nSPS) is 12.7. The summed E-state index contributed by atoms with van der Waals surface area (Å²) < 4.78 is 5.48. The van der Waals surface area contributed by atoms with Gasteiger partial charge in [0.1, 0.15) is 5.60 Å². The summed E-state index contributed by atoms with van der Waals surface area (Å²) in [6.07, 6.45) is 0.202. The number of benzene rings is 2. The van der Waals surface area contributed by atoms with Gasteiger partial charge in [-0.2, -0.15) is 0 Å². The number of hydrogen-bond acceptors (Lipinski definition) is 3. The van der Waals surface area contributed by atoms with E-state index < -0.39 is 17.7 Å². The Hall–Kier alpha value is -2.33. The number of aliphatic hydroxyl groups is 1. The molecule has 0 fully saturated rings. The smallest absolute Gasteiger partial charge is 0.407 e. The minimum Gasteiger partial charge on any atom is -0.444 e. The first-order valence-corrected chi connectivity index (χ1v) is 8.67. The van der Waals surface area contributed by atoms with Gasteiger partial charge in [0.05, 0.1) is 12.6 Å². The van der Waals surface area contributed by atoms with Crippen molar-refractivity contribution in [3.05, 3.63) is 71.8 Å². The molecule has 1 atom stereocenters. The van der Waals surface area contributed by atoms with Crippen LogP contribution in [-0.4, -0.2) is 29.4 Å². The molecule has 0 spiro atoms. The Kier molecular flexibility index (Phi) is 6.59. The maximum Gasteiger partial charge on any atom is 0.407 e. The van der Waals surface area contributed by atoms with E-state index in [2.05, 4.69) is 5.32 Å². The zero-order chi connectivity index (χ0) is 18.3. The van der Waals surface area contributed by atoms with Crippen molar-refractivity contribution in [2.24, 2.45) is 0 Å². The quantitative estimate of drug-likeness (QED) is 0.797. The topological polar surface area (TPSA) is 58.6 Å². The number of aliphatic hydroxyl groups excluding tert-OH is 1. The third-order valence-corrected chi connectivity index (χ3v) is 4.44. The number of rotatable bonds is 7. The van der Waals surface area contributed by atoms with E-state index in [4.69, 9.17) is 4.74 Å². The van der Waals surface area contributed by atoms with Crippen LogP contribution in [0.4, 0.5) is 4.79 Å². The molecule has 25 heavy (non-hydrogen) atoms. The van der Waals surface area contributed by atoms with Gasteiger partial charge < -0.3 is 15.2 Å². The molecule has 1 unspecified atom stereocenters. The molecule has 0 saturated carbocycles. The molecular formula is C21H27NO3. The molecular weight excluding hydrogens is 314 g/mol. The van der Waals surface area contributed by atoms with Gasteiger partial charge in [0.15, 0.2) is 0 Å². The van der Waals surface area contributed by atoms with E-state index in [1.165, 1.54) is 0 Å². The van der Waals surface area contributed by atoms with Gasteiger partial charge in [0.2, 0.25) is 0 Å². The molecule has 0 aromatic heterocycles. The van der Waals surface area contributed by atoms with Gasteiger partial charge in [-0.1, -0.05) is 67.6 Å². The zero-order valence-electron chi connectivity index (χ0n) is 15.1. The molecule has 0 radical (unpaired) electrons. The second-order valence-corrected chi connectivity index (χ2v) is 6.74. The minimum absolute atomic E-state index is 0.162. The summed E-state index contributed by atoms with van der Waals surface area (Å²) >= 11 is 0. The average Bonchev–Trinajstić information content (AvgIpc) is 2.62. The predicted molar refractivity (Wildman–Crippen MR) is 99.6 cm³/mol. The molecule has 4 nitrogen and oxygen atoms in total. The van der Waals surface area contributed by atoms with Crippen molar-refractivity contribution < 1.29 is 14.6 Å². The third-order valence-electron chi connectivity index (χ3n) is 4.44. The zero-order valence-corrected chi connectivity index (χ0v) is 15.1. The molecule has 2 aromatic carbocycles. The minimum atomic E-state index is -0.543. The summed E-state index contributed by atoms with van der Waals surface area (Å²) in [4.78, 5) is 12.3. The standard InChI is InChI=1S/C21H27NO3/c1-4-21(2,3)25-20(24)22-18(15-23)19(16-11-7-5-8-12-16)17-13-9-6-10-14-17/h5-14,18-19,23H,4,15H2,1-3H3,(H,22,24). The van der Waals surface area contributed by atoms with Crippen molar-refractivity contribution >= 4 is 6.09 Å². The number of carbonyl (C=O) groups excluding carboxylic acids is 1. The highest BCUT2D eigenvalue weighted by atomic mass is 16.6. The molecule has 0 aliphatic rings. The van der Waals surface area contributed by atoms with Crippen molar-refractivity contribution in [1.82, 2.24) is 5.32 Å². The number of alkyl carbamates (subject to hydrolysis) is 1. The Morgan fingerprint density at radius 3 is 1.92 bits per heavy atom. The van der Waals surface area contributed by atoms with E-state index in [1.807, 2.05) is 81.4 Å². The van der Waals surface area contributed by atoms with E-state index in [0.29, 0.717) is 6.42 Å². The molecule has 134 valence electrons. The van der Waals surface area contributed by atoms with E-state index in [1.54, 1.807) is 0 Å². The van der Waals surface area contributed by atoms with Gasteiger partial charge in [-0.15, -0.1) is 0 Å². The second-order valence-electron chi connectivity index (χ2n) is 6.74. The van der Waals surface area contributed by atoms with Gasteiger partial charge in [-0.05, 0) is 31.4 Å². The van der Waals surface area contributed by atoms with Crippen LogP contribution in [0.2, 0.25) is 0 Å². The van der Waals surface area contributed by atoms with E-state index in [0.717, 1.165) is 11.1 Å². The largest absolute Gasteiger partial charge is 0.444 e. The maximum atomic E-state index is 12.3. The fourth-order valence-electron chi connectivity index (χ4n) is 2.72. The van der Waals surface area contributed by atoms with Crippen LogP contribution in [-0.2, 0) is 4.74 Å². The lowest BCUT2D eigenvalue weighted by molar-refractivity contribution is 0.0320. The Balaban J connectivity index is 2.27. The summed E-state index contributed by atoms with van der Waals surface area (Å²) in [5.41, 5.74) is 1.52. The molecule has 2 N–H and O–H groups in total. The SMILES string of the molecule is CCC(C)(C)OC(=O)NC(CO)C(c1ccccc1)c1ccccc1. The first kappa shape index (κ1) is 19.0. The van der Waals surface area contributed by atoms with Gasteiger partial charge in [-0.3, -0.25) is 0 Å². The van der Waals surface area contributed by atoms with Gasteiger partial charge in [0.25, 0.3) is 0 Å². The number of hydrogen-bond donors (Lipinski definition) is 2. The van der Waals surface area contributed by atoms with E-state index >= 15 is 0 Å². The molecule has 0 aliphatic carbocycles. The highest BCUT2D eigenvalue weighted by Gasteiger charge is 2.28. The summed E-state index contributed by atoms with van der Waals surface area (Å²) in [7, 11) is 0. The van der Waals surface area contributed by atoms with Crippen LogP contribution in [0.1, 0.15) is 44.2 Å². The van der Waals surface area contributed by atoms with Crippen LogP contribution < -0.4 is 5.32 Å². The first-order chi connectivity index (χ1) is 12.0. The Morgan fingerprint density at radius 1 is 1.04 bits per heavy atom.